The molecule has 8 heteroatoms. The summed E-state index contributed by atoms with van der Waals surface area (Å²) in [5.74, 6) is 1.37. The minimum Gasteiger partial charge on any atom is -0.497 e. The number of aromatic nitrogens is 2. The standard InChI is InChI=1S/C23H26N6O2/c1-15-5-9-19(10-6-15)27-23(30)29-21(28-22-25-16(2)13-17(3)26-22)24-14-18-7-11-20(31-4)12-8-18/h5-13H,14H2,1-4H3,(H3,24,25,26,27,28,29,30). The molecule has 1 aromatic heterocycles. The number of urea groups is 1. The highest BCUT2D eigenvalue weighted by Gasteiger charge is 2.09. The molecule has 0 aliphatic carbocycles. The molecule has 0 unspecified atom stereocenters. The van der Waals surface area contributed by atoms with Crippen molar-refractivity contribution in [3.05, 3.63) is 77.1 Å². The number of hydrogen-bond acceptors (Lipinski definition) is 5. The molecular formula is C23H26N6O2. The Bertz CT molecular complexity index is 1040. The van der Waals surface area contributed by atoms with E-state index in [0.29, 0.717) is 18.2 Å². The molecule has 0 spiro atoms. The first-order chi connectivity index (χ1) is 14.9. The van der Waals surface area contributed by atoms with Gasteiger partial charge < -0.3 is 10.1 Å². The quantitative estimate of drug-likeness (QED) is 0.426. The molecule has 0 aliphatic heterocycles. The Hall–Kier alpha value is -3.94. The van der Waals surface area contributed by atoms with Gasteiger partial charge in [0.05, 0.1) is 13.7 Å². The van der Waals surface area contributed by atoms with Gasteiger partial charge in [0.2, 0.25) is 11.9 Å². The van der Waals surface area contributed by atoms with Crippen LogP contribution in [0.3, 0.4) is 0 Å². The average Bonchev–Trinajstić information content (AvgIpc) is 2.73. The zero-order chi connectivity index (χ0) is 22.2. The maximum Gasteiger partial charge on any atom is 0.326 e. The SMILES string of the molecule is COc1ccc(CN=C(NC(=O)Nc2ccc(C)cc2)Nc2nc(C)cc(C)n2)cc1. The maximum absolute atomic E-state index is 12.5. The van der Waals surface area contributed by atoms with Crippen molar-refractivity contribution >= 4 is 23.6 Å². The first-order valence-electron chi connectivity index (χ1n) is 9.82. The van der Waals surface area contributed by atoms with Crippen LogP contribution < -0.4 is 20.7 Å². The van der Waals surface area contributed by atoms with E-state index in [9.17, 15) is 4.79 Å². The van der Waals surface area contributed by atoms with Crippen molar-refractivity contribution in [1.82, 2.24) is 15.3 Å². The molecule has 0 atom stereocenters. The molecule has 160 valence electrons. The highest BCUT2D eigenvalue weighted by atomic mass is 16.5. The summed E-state index contributed by atoms with van der Waals surface area (Å²) in [5.41, 5.74) is 4.38. The van der Waals surface area contributed by atoms with E-state index in [0.717, 1.165) is 28.3 Å². The van der Waals surface area contributed by atoms with Gasteiger partial charge in [-0.15, -0.1) is 0 Å². The summed E-state index contributed by atoms with van der Waals surface area (Å²) < 4.78 is 5.18. The Morgan fingerprint density at radius 3 is 2.19 bits per heavy atom. The van der Waals surface area contributed by atoms with E-state index in [2.05, 4.69) is 30.9 Å². The third-order valence-electron chi connectivity index (χ3n) is 4.33. The predicted molar refractivity (Wildman–Crippen MR) is 123 cm³/mol. The van der Waals surface area contributed by atoms with Crippen LogP contribution in [0.15, 0.2) is 59.6 Å². The van der Waals surface area contributed by atoms with Gasteiger partial charge in [0.1, 0.15) is 5.75 Å². The molecule has 31 heavy (non-hydrogen) atoms. The highest BCUT2D eigenvalue weighted by Crippen LogP contribution is 2.12. The van der Waals surface area contributed by atoms with Gasteiger partial charge in [-0.2, -0.15) is 0 Å². The van der Waals surface area contributed by atoms with Gasteiger partial charge in [0.25, 0.3) is 0 Å². The Balaban J connectivity index is 1.76. The summed E-state index contributed by atoms with van der Waals surface area (Å²) in [7, 11) is 1.62. The van der Waals surface area contributed by atoms with Crippen LogP contribution in [0.2, 0.25) is 0 Å². The number of nitrogens with one attached hydrogen (secondary N) is 3. The van der Waals surface area contributed by atoms with Crippen LogP contribution in [-0.2, 0) is 6.54 Å². The zero-order valence-electron chi connectivity index (χ0n) is 18.1. The van der Waals surface area contributed by atoms with Crippen molar-refractivity contribution < 1.29 is 9.53 Å². The van der Waals surface area contributed by atoms with E-state index in [1.165, 1.54) is 0 Å². The zero-order valence-corrected chi connectivity index (χ0v) is 18.1. The molecule has 1 heterocycles. The van der Waals surface area contributed by atoms with Crippen LogP contribution in [-0.4, -0.2) is 29.1 Å². The molecule has 3 rings (SSSR count). The molecule has 0 bridgehead atoms. The van der Waals surface area contributed by atoms with E-state index in [1.807, 2.05) is 75.4 Å². The molecule has 0 saturated carbocycles. The third kappa shape index (κ3) is 6.81. The van der Waals surface area contributed by atoms with Crippen molar-refractivity contribution in [2.45, 2.75) is 27.3 Å². The van der Waals surface area contributed by atoms with Crippen LogP contribution in [0.5, 0.6) is 5.75 Å². The normalized spacial score (nSPS) is 11.0. The fourth-order valence-corrected chi connectivity index (χ4v) is 2.81. The van der Waals surface area contributed by atoms with Crippen molar-refractivity contribution in [3.8, 4) is 5.75 Å². The van der Waals surface area contributed by atoms with E-state index in [1.54, 1.807) is 7.11 Å². The Labute approximate surface area is 181 Å². The second kappa shape index (κ2) is 10.2. The van der Waals surface area contributed by atoms with Gasteiger partial charge in [-0.3, -0.25) is 10.6 Å². The molecule has 3 aromatic rings. The topological polar surface area (TPSA) is 101 Å². The van der Waals surface area contributed by atoms with Crippen molar-refractivity contribution in [2.75, 3.05) is 17.7 Å². The van der Waals surface area contributed by atoms with Gasteiger partial charge >= 0.3 is 6.03 Å². The van der Waals surface area contributed by atoms with Gasteiger partial charge in [0.15, 0.2) is 0 Å². The molecule has 0 aliphatic rings. The lowest BCUT2D eigenvalue weighted by molar-refractivity contribution is 0.256. The predicted octanol–water partition coefficient (Wildman–Crippen LogP) is 4.20. The van der Waals surface area contributed by atoms with Gasteiger partial charge in [0, 0.05) is 17.1 Å². The number of guanidine groups is 1. The fourth-order valence-electron chi connectivity index (χ4n) is 2.81. The van der Waals surface area contributed by atoms with Crippen molar-refractivity contribution in [3.63, 3.8) is 0 Å². The second-order valence-corrected chi connectivity index (χ2v) is 7.06. The van der Waals surface area contributed by atoms with Gasteiger partial charge in [-0.25, -0.2) is 19.8 Å². The second-order valence-electron chi connectivity index (χ2n) is 7.06. The van der Waals surface area contributed by atoms with E-state index in [-0.39, 0.29) is 5.96 Å². The molecular weight excluding hydrogens is 392 g/mol. The van der Waals surface area contributed by atoms with Crippen LogP contribution in [0.1, 0.15) is 22.5 Å². The van der Waals surface area contributed by atoms with Crippen molar-refractivity contribution in [1.29, 1.82) is 0 Å². The smallest absolute Gasteiger partial charge is 0.326 e. The first-order valence-corrected chi connectivity index (χ1v) is 9.82. The number of methoxy groups -OCH3 is 1. The monoisotopic (exact) mass is 418 g/mol. The third-order valence-corrected chi connectivity index (χ3v) is 4.33. The Morgan fingerprint density at radius 1 is 0.935 bits per heavy atom. The number of rotatable bonds is 5. The maximum atomic E-state index is 12.5. The molecule has 2 aromatic carbocycles. The summed E-state index contributed by atoms with van der Waals surface area (Å²) >= 11 is 0. The number of hydrogen-bond donors (Lipinski definition) is 3. The number of nitrogens with zero attached hydrogens (tertiary/aromatic N) is 3. The molecule has 8 nitrogen and oxygen atoms in total. The average molecular weight is 419 g/mol. The van der Waals surface area contributed by atoms with Crippen LogP contribution in [0, 0.1) is 20.8 Å². The van der Waals surface area contributed by atoms with E-state index >= 15 is 0 Å². The summed E-state index contributed by atoms with van der Waals surface area (Å²) in [6.45, 7) is 6.10. The number of ether oxygens (including phenoxy) is 1. The number of carbonyl (C=O) groups is 1. The molecule has 3 N–H and O–H groups in total. The largest absolute Gasteiger partial charge is 0.497 e. The van der Waals surface area contributed by atoms with E-state index in [4.69, 9.17) is 4.74 Å². The summed E-state index contributed by atoms with van der Waals surface area (Å²) in [6, 6.07) is 16.5. The van der Waals surface area contributed by atoms with Crippen LogP contribution in [0.4, 0.5) is 16.4 Å². The lowest BCUT2D eigenvalue weighted by atomic mass is 10.2. The number of amides is 2. The molecule has 0 radical (unpaired) electrons. The Kier molecular flexibility index (Phi) is 7.16. The van der Waals surface area contributed by atoms with Gasteiger partial charge in [-0.1, -0.05) is 29.8 Å². The number of carbonyl (C=O) groups excluding carboxylic acids is 1. The van der Waals surface area contributed by atoms with Crippen LogP contribution in [0.25, 0.3) is 0 Å². The Morgan fingerprint density at radius 2 is 1.58 bits per heavy atom. The minimum absolute atomic E-state index is 0.241. The molecule has 2 amide bonds. The number of aryl methyl sites for hydroxylation is 3. The van der Waals surface area contributed by atoms with E-state index < -0.39 is 6.03 Å². The lowest BCUT2D eigenvalue weighted by Crippen LogP contribution is -2.39. The summed E-state index contributed by atoms with van der Waals surface area (Å²) in [5, 5.41) is 8.55. The first kappa shape index (κ1) is 21.8. The van der Waals surface area contributed by atoms with Crippen molar-refractivity contribution in [2.24, 2.45) is 4.99 Å². The summed E-state index contributed by atoms with van der Waals surface area (Å²) in [6.07, 6.45) is 0. The number of aliphatic imine (C=N–C) groups is 1. The number of anilines is 2. The summed E-state index contributed by atoms with van der Waals surface area (Å²) in [4.78, 5) is 25.8. The number of benzene rings is 2. The van der Waals surface area contributed by atoms with Gasteiger partial charge in [-0.05, 0) is 56.7 Å². The van der Waals surface area contributed by atoms with Crippen LogP contribution >= 0.6 is 0 Å². The highest BCUT2D eigenvalue weighted by molar-refractivity contribution is 6.07. The fraction of sp³-hybridized carbons (Fsp3) is 0.217. The lowest BCUT2D eigenvalue weighted by Gasteiger charge is -2.12. The molecule has 0 fully saturated rings. The minimum atomic E-state index is -0.422. The molecule has 0 saturated heterocycles.